The summed E-state index contributed by atoms with van der Waals surface area (Å²) in [4.78, 5) is 14.0. The van der Waals surface area contributed by atoms with Gasteiger partial charge in [0.15, 0.2) is 0 Å². The molecule has 0 amide bonds. The number of hydrogen-bond acceptors (Lipinski definition) is 4. The predicted molar refractivity (Wildman–Crippen MR) is 109 cm³/mol. The molecule has 0 atom stereocenters. The van der Waals surface area contributed by atoms with Crippen LogP contribution in [-0.2, 0) is 0 Å². The molecule has 4 heteroatoms. The number of nitrogens with zero attached hydrogens (tertiary/aromatic N) is 4. The molecule has 3 aromatic rings. The maximum absolute atomic E-state index is 3.95. The van der Waals surface area contributed by atoms with Gasteiger partial charge >= 0.3 is 0 Å². The number of hydrogen-bond donors (Lipinski definition) is 0. The lowest BCUT2D eigenvalue weighted by Crippen LogP contribution is -2.09. The van der Waals surface area contributed by atoms with Gasteiger partial charge in [-0.2, -0.15) is 0 Å². The summed E-state index contributed by atoms with van der Waals surface area (Å²) in [5.41, 5.74) is 5.56. The first-order chi connectivity index (χ1) is 12.2. The van der Waals surface area contributed by atoms with Gasteiger partial charge in [0, 0.05) is 17.1 Å². The van der Waals surface area contributed by atoms with Gasteiger partial charge in [0.2, 0.25) is 0 Å². The van der Waals surface area contributed by atoms with Crippen molar-refractivity contribution < 1.29 is 0 Å². The second-order valence-corrected chi connectivity index (χ2v) is 5.36. The van der Waals surface area contributed by atoms with Gasteiger partial charge in [-0.1, -0.05) is 0 Å². The van der Waals surface area contributed by atoms with Crippen LogP contribution in [0.5, 0.6) is 0 Å². The van der Waals surface area contributed by atoms with E-state index in [1.807, 2.05) is 72.8 Å². The highest BCUT2D eigenvalue weighted by Crippen LogP contribution is 2.36. The maximum Gasteiger partial charge on any atom is 0.0623 e. The third-order valence-electron chi connectivity index (χ3n) is 3.87. The van der Waals surface area contributed by atoms with Crippen LogP contribution in [0.4, 0.5) is 34.1 Å². The Bertz CT molecular complexity index is 756. The van der Waals surface area contributed by atoms with E-state index in [0.717, 1.165) is 34.1 Å². The van der Waals surface area contributed by atoms with Crippen molar-refractivity contribution >= 4 is 54.3 Å². The van der Waals surface area contributed by atoms with Crippen LogP contribution in [-0.4, -0.2) is 20.2 Å². The fourth-order valence-corrected chi connectivity index (χ4v) is 2.57. The van der Waals surface area contributed by atoms with Crippen LogP contribution in [0.1, 0.15) is 0 Å². The van der Waals surface area contributed by atoms with Crippen LogP contribution in [0.15, 0.2) is 87.8 Å². The Labute approximate surface area is 147 Å². The smallest absolute Gasteiger partial charge is 0.0623 e. The first-order valence-electron chi connectivity index (χ1n) is 7.75. The number of benzene rings is 3. The van der Waals surface area contributed by atoms with Crippen LogP contribution in [0.2, 0.25) is 0 Å². The Morgan fingerprint density at radius 1 is 0.440 bits per heavy atom. The Kier molecular flexibility index (Phi) is 4.81. The van der Waals surface area contributed by atoms with E-state index in [1.54, 1.807) is 0 Å². The summed E-state index contributed by atoms with van der Waals surface area (Å²) in [7, 11) is 0. The van der Waals surface area contributed by atoms with E-state index in [2.05, 4.69) is 40.0 Å². The highest BCUT2D eigenvalue weighted by Gasteiger charge is 2.12. The highest BCUT2D eigenvalue weighted by molar-refractivity contribution is 5.78. The van der Waals surface area contributed by atoms with Crippen LogP contribution in [0, 0.1) is 0 Å². The number of aliphatic imine (C=N–C) groups is 3. The highest BCUT2D eigenvalue weighted by atomic mass is 15.1. The molecule has 0 spiro atoms. The predicted octanol–water partition coefficient (Wildman–Crippen LogP) is 6.15. The van der Waals surface area contributed by atoms with Crippen molar-refractivity contribution in [2.45, 2.75) is 0 Å². The van der Waals surface area contributed by atoms with Gasteiger partial charge in [0.05, 0.1) is 17.1 Å². The zero-order chi connectivity index (χ0) is 17.6. The Hall–Kier alpha value is -3.53. The molecule has 0 aromatic heterocycles. The molecular weight excluding hydrogens is 308 g/mol. The van der Waals surface area contributed by atoms with Crippen molar-refractivity contribution in [3.05, 3.63) is 72.8 Å². The molecule has 0 saturated carbocycles. The van der Waals surface area contributed by atoms with Crippen molar-refractivity contribution in [3.63, 3.8) is 0 Å². The molecule has 0 aliphatic heterocycles. The van der Waals surface area contributed by atoms with E-state index in [-0.39, 0.29) is 0 Å². The molecule has 0 bridgehead atoms. The van der Waals surface area contributed by atoms with Gasteiger partial charge in [-0.15, -0.1) is 0 Å². The molecule has 0 aliphatic rings. The van der Waals surface area contributed by atoms with E-state index < -0.39 is 0 Å². The van der Waals surface area contributed by atoms with Crippen molar-refractivity contribution in [1.29, 1.82) is 0 Å². The van der Waals surface area contributed by atoms with Gasteiger partial charge in [-0.05, 0) is 92.9 Å². The molecule has 25 heavy (non-hydrogen) atoms. The number of anilines is 3. The molecule has 0 unspecified atom stereocenters. The Morgan fingerprint density at radius 3 is 0.880 bits per heavy atom. The minimum Gasteiger partial charge on any atom is -0.310 e. The van der Waals surface area contributed by atoms with Gasteiger partial charge in [-0.25, -0.2) is 0 Å². The van der Waals surface area contributed by atoms with E-state index in [0.29, 0.717) is 0 Å². The third kappa shape index (κ3) is 3.53. The second kappa shape index (κ2) is 7.36. The molecule has 3 rings (SSSR count). The van der Waals surface area contributed by atoms with Crippen LogP contribution in [0.25, 0.3) is 0 Å². The Morgan fingerprint density at radius 2 is 0.680 bits per heavy atom. The number of rotatable bonds is 6. The third-order valence-corrected chi connectivity index (χ3v) is 3.87. The molecular formula is C21H18N4. The summed E-state index contributed by atoms with van der Waals surface area (Å²) in [6.07, 6.45) is 0. The average Bonchev–Trinajstić information content (AvgIpc) is 2.70. The molecule has 3 aromatic carbocycles. The lowest BCUT2D eigenvalue weighted by atomic mass is 10.1. The lowest BCUT2D eigenvalue weighted by molar-refractivity contribution is 1.28. The topological polar surface area (TPSA) is 40.3 Å². The fraction of sp³-hybridized carbons (Fsp3) is 0. The summed E-state index contributed by atoms with van der Waals surface area (Å²) >= 11 is 0. The minimum absolute atomic E-state index is 0.834. The molecule has 0 aliphatic carbocycles. The summed E-state index contributed by atoms with van der Waals surface area (Å²) in [6.45, 7) is 10.7. The monoisotopic (exact) mass is 326 g/mol. The molecule has 0 fully saturated rings. The van der Waals surface area contributed by atoms with E-state index >= 15 is 0 Å². The van der Waals surface area contributed by atoms with Crippen LogP contribution >= 0.6 is 0 Å². The van der Waals surface area contributed by atoms with Crippen molar-refractivity contribution in [1.82, 2.24) is 0 Å². The molecule has 0 heterocycles. The van der Waals surface area contributed by atoms with Gasteiger partial charge < -0.3 is 4.90 Å². The SMILES string of the molecule is C=Nc1ccc(N(c2ccc(N=C)cc2)c2ccc(N=C)cc2)cc1. The largest absolute Gasteiger partial charge is 0.310 e. The van der Waals surface area contributed by atoms with Crippen molar-refractivity contribution in [2.75, 3.05) is 4.90 Å². The quantitative estimate of drug-likeness (QED) is 0.501. The molecule has 122 valence electrons. The van der Waals surface area contributed by atoms with E-state index in [4.69, 9.17) is 0 Å². The first kappa shape index (κ1) is 16.3. The summed E-state index contributed by atoms with van der Waals surface area (Å²) in [5, 5.41) is 0. The molecule has 0 radical (unpaired) electrons. The Balaban J connectivity index is 2.09. The lowest BCUT2D eigenvalue weighted by Gasteiger charge is -2.25. The standard InChI is InChI=1S/C21H18N4/c1-22-16-4-10-19(11-5-16)25(20-12-6-17(23-2)7-13-20)21-14-8-18(24-3)9-15-21/h4-15H,1-3H2. The van der Waals surface area contributed by atoms with Crippen molar-refractivity contribution in [3.8, 4) is 0 Å². The minimum atomic E-state index is 0.834. The molecule has 4 nitrogen and oxygen atoms in total. The summed E-state index contributed by atoms with van der Waals surface area (Å²) < 4.78 is 0. The maximum atomic E-state index is 3.95. The van der Waals surface area contributed by atoms with E-state index in [1.165, 1.54) is 0 Å². The van der Waals surface area contributed by atoms with Crippen molar-refractivity contribution in [2.24, 2.45) is 15.0 Å². The second-order valence-electron chi connectivity index (χ2n) is 5.36. The van der Waals surface area contributed by atoms with Crippen LogP contribution in [0.3, 0.4) is 0 Å². The summed E-state index contributed by atoms with van der Waals surface area (Å²) in [6, 6.07) is 23.7. The van der Waals surface area contributed by atoms with Crippen LogP contribution < -0.4 is 4.90 Å². The summed E-state index contributed by atoms with van der Waals surface area (Å²) in [5.74, 6) is 0. The normalized spacial score (nSPS) is 10.1. The van der Waals surface area contributed by atoms with Gasteiger partial charge in [0.25, 0.3) is 0 Å². The van der Waals surface area contributed by atoms with Gasteiger partial charge in [-0.3, -0.25) is 15.0 Å². The average molecular weight is 326 g/mol. The zero-order valence-corrected chi connectivity index (χ0v) is 13.8. The molecule has 0 N–H and O–H groups in total. The fourth-order valence-electron chi connectivity index (χ4n) is 2.57. The first-order valence-corrected chi connectivity index (χ1v) is 7.75. The zero-order valence-electron chi connectivity index (χ0n) is 13.8. The van der Waals surface area contributed by atoms with Gasteiger partial charge in [0.1, 0.15) is 0 Å². The van der Waals surface area contributed by atoms with E-state index in [9.17, 15) is 0 Å². The molecule has 0 saturated heterocycles.